The van der Waals surface area contributed by atoms with Gasteiger partial charge in [0.05, 0.1) is 5.69 Å². The van der Waals surface area contributed by atoms with E-state index in [1.807, 2.05) is 29.6 Å². The monoisotopic (exact) mass is 497 g/mol. The molecular formula is C18H16BrN3O3S3. The number of rotatable bonds is 5. The lowest BCUT2D eigenvalue weighted by molar-refractivity contribution is 0.102. The van der Waals surface area contributed by atoms with Crippen molar-refractivity contribution in [1.29, 1.82) is 0 Å². The van der Waals surface area contributed by atoms with E-state index in [-0.39, 0.29) is 9.77 Å². The molecule has 0 saturated carbocycles. The largest absolute Gasteiger partial charge is 0.297 e. The number of benzene rings is 1. The zero-order chi connectivity index (χ0) is 19.7. The van der Waals surface area contributed by atoms with Crippen LogP contribution in [0.1, 0.15) is 22.5 Å². The molecule has 2 aromatic heterocycles. The van der Waals surface area contributed by atoms with Crippen molar-refractivity contribution in [2.24, 2.45) is 0 Å². The maximum atomic E-state index is 12.8. The second kappa shape index (κ2) is 8.03. The number of halogens is 1. The highest BCUT2D eigenvalue weighted by atomic mass is 79.9. The number of amides is 1. The number of aromatic nitrogens is 1. The molecule has 6 nitrogen and oxygen atoms in total. The highest BCUT2D eigenvalue weighted by Crippen LogP contribution is 2.30. The van der Waals surface area contributed by atoms with Crippen LogP contribution in [0.4, 0.5) is 5.13 Å². The summed E-state index contributed by atoms with van der Waals surface area (Å²) in [6.45, 7) is 1.00. The third-order valence-corrected chi connectivity index (χ3v) is 8.60. The predicted molar refractivity (Wildman–Crippen MR) is 116 cm³/mol. The SMILES string of the molecule is O=C(Nc1nc(-c2cccc(Br)c2)cs1)c1sccc1S(=O)(=O)N1CCCC1. The number of thiophene rings is 1. The summed E-state index contributed by atoms with van der Waals surface area (Å²) < 4.78 is 28.0. The summed E-state index contributed by atoms with van der Waals surface area (Å²) in [5, 5.41) is 6.65. The molecule has 28 heavy (non-hydrogen) atoms. The summed E-state index contributed by atoms with van der Waals surface area (Å²) in [5.74, 6) is -0.456. The molecule has 4 rings (SSSR count). The average molecular weight is 498 g/mol. The van der Waals surface area contributed by atoms with Crippen molar-refractivity contribution in [2.45, 2.75) is 17.7 Å². The summed E-state index contributed by atoms with van der Waals surface area (Å²) in [6.07, 6.45) is 1.70. The van der Waals surface area contributed by atoms with Gasteiger partial charge >= 0.3 is 0 Å². The van der Waals surface area contributed by atoms with Gasteiger partial charge in [-0.1, -0.05) is 28.1 Å². The molecule has 0 bridgehead atoms. The van der Waals surface area contributed by atoms with E-state index in [1.165, 1.54) is 21.7 Å². The van der Waals surface area contributed by atoms with Crippen molar-refractivity contribution in [3.8, 4) is 11.3 Å². The Hall–Kier alpha value is -1.59. The molecule has 0 aliphatic carbocycles. The fraction of sp³-hybridized carbons (Fsp3) is 0.222. The van der Waals surface area contributed by atoms with Crippen LogP contribution in [0.3, 0.4) is 0 Å². The van der Waals surface area contributed by atoms with E-state index in [9.17, 15) is 13.2 Å². The first-order valence-corrected chi connectivity index (χ1v) is 12.5. The molecule has 3 heterocycles. The topological polar surface area (TPSA) is 79.4 Å². The van der Waals surface area contributed by atoms with Crippen molar-refractivity contribution >= 4 is 59.7 Å². The van der Waals surface area contributed by atoms with Gasteiger partial charge in [-0.2, -0.15) is 4.31 Å². The van der Waals surface area contributed by atoms with Gasteiger partial charge in [-0.3, -0.25) is 10.1 Å². The number of carbonyl (C=O) groups is 1. The Bertz CT molecular complexity index is 1120. The number of thiazole rings is 1. The first-order valence-electron chi connectivity index (χ1n) is 8.55. The zero-order valence-corrected chi connectivity index (χ0v) is 18.6. The highest BCUT2D eigenvalue weighted by Gasteiger charge is 2.32. The molecule has 1 aromatic carbocycles. The van der Waals surface area contributed by atoms with E-state index in [0.29, 0.717) is 18.2 Å². The van der Waals surface area contributed by atoms with Crippen LogP contribution in [0.25, 0.3) is 11.3 Å². The molecule has 0 atom stereocenters. The van der Waals surface area contributed by atoms with E-state index in [2.05, 4.69) is 26.2 Å². The number of carbonyl (C=O) groups excluding carboxylic acids is 1. The van der Waals surface area contributed by atoms with Crippen LogP contribution in [0.2, 0.25) is 0 Å². The summed E-state index contributed by atoms with van der Waals surface area (Å²) in [6, 6.07) is 9.23. The third-order valence-electron chi connectivity index (χ3n) is 4.36. The molecule has 1 aliphatic rings. The number of sulfonamides is 1. The quantitative estimate of drug-likeness (QED) is 0.555. The van der Waals surface area contributed by atoms with Crippen LogP contribution in [0, 0.1) is 0 Å². The van der Waals surface area contributed by atoms with Crippen molar-refractivity contribution in [3.05, 3.63) is 50.4 Å². The van der Waals surface area contributed by atoms with Crippen molar-refractivity contribution in [3.63, 3.8) is 0 Å². The van der Waals surface area contributed by atoms with Crippen molar-refractivity contribution < 1.29 is 13.2 Å². The molecule has 3 aromatic rings. The molecular weight excluding hydrogens is 482 g/mol. The Kier molecular flexibility index (Phi) is 5.66. The molecule has 0 spiro atoms. The lowest BCUT2D eigenvalue weighted by Crippen LogP contribution is -2.29. The molecule has 0 unspecified atom stereocenters. The molecule has 1 aliphatic heterocycles. The maximum absolute atomic E-state index is 12.8. The maximum Gasteiger partial charge on any atom is 0.268 e. The van der Waals surface area contributed by atoms with E-state index in [4.69, 9.17) is 0 Å². The number of nitrogens with one attached hydrogen (secondary N) is 1. The minimum absolute atomic E-state index is 0.0701. The first kappa shape index (κ1) is 19.7. The van der Waals surface area contributed by atoms with Gasteiger partial charge in [-0.15, -0.1) is 22.7 Å². The van der Waals surface area contributed by atoms with Crippen molar-refractivity contribution in [1.82, 2.24) is 9.29 Å². The van der Waals surface area contributed by atoms with E-state index in [1.54, 1.807) is 5.38 Å². The molecule has 1 amide bonds. The zero-order valence-electron chi connectivity index (χ0n) is 14.6. The fourth-order valence-electron chi connectivity index (χ4n) is 3.00. The van der Waals surface area contributed by atoms with Gasteiger partial charge in [-0.05, 0) is 36.4 Å². The van der Waals surface area contributed by atoms with Crippen LogP contribution in [-0.4, -0.2) is 36.7 Å². The molecule has 146 valence electrons. The van der Waals surface area contributed by atoms with Crippen LogP contribution in [0.5, 0.6) is 0 Å². The number of anilines is 1. The average Bonchev–Trinajstić information content (AvgIpc) is 3.42. The van der Waals surface area contributed by atoms with Gasteiger partial charge in [-0.25, -0.2) is 13.4 Å². The minimum Gasteiger partial charge on any atom is -0.297 e. The Labute approximate surface area is 179 Å². The van der Waals surface area contributed by atoms with Gasteiger partial charge in [0, 0.05) is 28.5 Å². The van der Waals surface area contributed by atoms with Crippen LogP contribution in [0.15, 0.2) is 50.5 Å². The number of nitrogens with zero attached hydrogens (tertiary/aromatic N) is 2. The van der Waals surface area contributed by atoms with Crippen LogP contribution >= 0.6 is 38.6 Å². The van der Waals surface area contributed by atoms with Gasteiger partial charge in [0.25, 0.3) is 5.91 Å². The Morgan fingerprint density at radius 1 is 1.18 bits per heavy atom. The lowest BCUT2D eigenvalue weighted by Gasteiger charge is -2.15. The van der Waals surface area contributed by atoms with E-state index < -0.39 is 15.9 Å². The van der Waals surface area contributed by atoms with Gasteiger partial charge in [0.15, 0.2) is 5.13 Å². The Balaban J connectivity index is 1.55. The third kappa shape index (κ3) is 3.92. The molecule has 1 saturated heterocycles. The molecule has 0 radical (unpaired) electrons. The second-order valence-electron chi connectivity index (χ2n) is 6.23. The Morgan fingerprint density at radius 2 is 1.96 bits per heavy atom. The molecule has 10 heteroatoms. The molecule has 1 N–H and O–H groups in total. The first-order chi connectivity index (χ1) is 13.4. The fourth-order valence-corrected chi connectivity index (χ4v) is 6.93. The smallest absolute Gasteiger partial charge is 0.268 e. The van der Waals surface area contributed by atoms with Gasteiger partial charge in [0.2, 0.25) is 10.0 Å². The van der Waals surface area contributed by atoms with Gasteiger partial charge in [0.1, 0.15) is 9.77 Å². The normalized spacial score (nSPS) is 15.0. The van der Waals surface area contributed by atoms with Crippen LogP contribution in [-0.2, 0) is 10.0 Å². The second-order valence-corrected chi connectivity index (χ2v) is 10.8. The number of hydrogen-bond donors (Lipinski definition) is 1. The van der Waals surface area contributed by atoms with Crippen LogP contribution < -0.4 is 5.32 Å². The standard InChI is InChI=1S/C18H16BrN3O3S3/c19-13-5-3-4-12(10-13)14-11-27-18(20-14)21-17(23)16-15(6-9-26-16)28(24,25)22-7-1-2-8-22/h3-6,9-11H,1-2,7-8H2,(H,20,21,23). The van der Waals surface area contributed by atoms with E-state index in [0.717, 1.165) is 39.9 Å². The predicted octanol–water partition coefficient (Wildman–Crippen LogP) is 4.67. The lowest BCUT2D eigenvalue weighted by atomic mass is 10.2. The minimum atomic E-state index is -3.65. The Morgan fingerprint density at radius 3 is 2.71 bits per heavy atom. The number of hydrogen-bond acceptors (Lipinski definition) is 6. The summed E-state index contributed by atoms with van der Waals surface area (Å²) >= 11 is 5.85. The highest BCUT2D eigenvalue weighted by molar-refractivity contribution is 9.10. The summed E-state index contributed by atoms with van der Waals surface area (Å²) in [5.41, 5.74) is 1.68. The summed E-state index contributed by atoms with van der Waals surface area (Å²) in [7, 11) is -3.65. The van der Waals surface area contributed by atoms with Gasteiger partial charge < -0.3 is 0 Å². The van der Waals surface area contributed by atoms with Crippen molar-refractivity contribution in [2.75, 3.05) is 18.4 Å². The van der Waals surface area contributed by atoms with E-state index >= 15 is 0 Å². The summed E-state index contributed by atoms with van der Waals surface area (Å²) in [4.78, 5) is 17.4. The molecule has 1 fully saturated rings.